The number of aromatic nitrogens is 1. The Bertz CT molecular complexity index is 1650. The minimum absolute atomic E-state index is 0.0335. The summed E-state index contributed by atoms with van der Waals surface area (Å²) in [5.41, 5.74) is 11.0. The number of guanidine groups is 1. The molecule has 9 heteroatoms. The Morgan fingerprint density at radius 1 is 1.00 bits per heavy atom. The van der Waals surface area contributed by atoms with Crippen LogP contribution in [0.4, 0.5) is 11.4 Å². The highest BCUT2D eigenvalue weighted by Gasteiger charge is 2.12. The third-order valence-corrected chi connectivity index (χ3v) is 7.20. The fourth-order valence-corrected chi connectivity index (χ4v) is 5.26. The molecule has 0 atom stereocenters. The molecule has 3 aromatic carbocycles. The van der Waals surface area contributed by atoms with E-state index in [1.807, 2.05) is 56.3 Å². The van der Waals surface area contributed by atoms with Gasteiger partial charge in [0, 0.05) is 44.9 Å². The van der Waals surface area contributed by atoms with Crippen LogP contribution in [0.1, 0.15) is 11.1 Å². The van der Waals surface area contributed by atoms with Crippen molar-refractivity contribution in [2.45, 2.75) is 13.8 Å². The van der Waals surface area contributed by atoms with Crippen LogP contribution in [0, 0.1) is 13.8 Å². The number of fused-ring (bicyclic) bond motifs is 3. The second-order valence-corrected chi connectivity index (χ2v) is 9.40. The molecule has 6 N–H and O–H groups in total. The zero-order valence-electron chi connectivity index (χ0n) is 21.0. The molecule has 0 aliphatic carbocycles. The Labute approximate surface area is 218 Å². The number of rotatable bonds is 6. The third kappa shape index (κ3) is 5.63. The van der Waals surface area contributed by atoms with Crippen molar-refractivity contribution < 1.29 is 5.11 Å². The number of aryl methyl sites for hydroxylation is 2. The second-order valence-electron chi connectivity index (χ2n) is 8.35. The summed E-state index contributed by atoms with van der Waals surface area (Å²) in [7, 11) is 1.00. The highest BCUT2D eigenvalue weighted by Crippen LogP contribution is 2.31. The van der Waals surface area contributed by atoms with E-state index in [0.717, 1.165) is 49.7 Å². The number of anilines is 2. The average molecular weight is 515 g/mol. The van der Waals surface area contributed by atoms with E-state index in [4.69, 9.17) is 10.8 Å². The van der Waals surface area contributed by atoms with Gasteiger partial charge in [-0.3, -0.25) is 9.78 Å². The van der Waals surface area contributed by atoms with E-state index in [1.54, 1.807) is 17.5 Å². The first-order chi connectivity index (χ1) is 18.0. The van der Waals surface area contributed by atoms with Crippen LogP contribution in [0.5, 0.6) is 0 Å². The number of aliphatic hydroxyl groups excluding tert-OH is 1. The van der Waals surface area contributed by atoms with Crippen LogP contribution in [0.3, 0.4) is 0 Å². The summed E-state index contributed by atoms with van der Waals surface area (Å²) in [6, 6.07) is 19.8. The lowest BCUT2D eigenvalue weighted by Gasteiger charge is -2.13. The van der Waals surface area contributed by atoms with Gasteiger partial charge >= 0.3 is 0 Å². The maximum atomic E-state index is 13.2. The van der Waals surface area contributed by atoms with E-state index in [-0.39, 0.29) is 5.43 Å². The number of pyridine rings is 1. The normalized spacial score (nSPS) is 11.3. The number of nitrogens with two attached hydrogens (primary N) is 1. The molecule has 5 aromatic rings. The van der Waals surface area contributed by atoms with E-state index >= 15 is 0 Å². The molecule has 5 rings (SSSR count). The lowest BCUT2D eigenvalue weighted by molar-refractivity contribution is 0.399. The van der Waals surface area contributed by atoms with Crippen LogP contribution >= 0.6 is 11.3 Å². The van der Waals surface area contributed by atoms with Crippen molar-refractivity contribution in [2.75, 3.05) is 31.1 Å². The first kappa shape index (κ1) is 25.9. The van der Waals surface area contributed by atoms with Crippen LogP contribution in [-0.4, -0.2) is 36.5 Å². The van der Waals surface area contributed by atoms with Gasteiger partial charge in [0.2, 0.25) is 0 Å². The van der Waals surface area contributed by atoms with Gasteiger partial charge in [-0.15, -0.1) is 11.3 Å². The average Bonchev–Trinajstić information content (AvgIpc) is 2.91. The number of aliphatic imine (C=N–C) groups is 1. The summed E-state index contributed by atoms with van der Waals surface area (Å²) in [4.78, 5) is 22.0. The van der Waals surface area contributed by atoms with Crippen LogP contribution in [-0.2, 0) is 0 Å². The molecular weight excluding hydrogens is 484 g/mol. The summed E-state index contributed by atoms with van der Waals surface area (Å²) in [6.45, 7) is 4.73. The smallest absolute Gasteiger partial charge is 0.197 e. The Morgan fingerprint density at radius 3 is 2.65 bits per heavy atom. The maximum Gasteiger partial charge on any atom is 0.197 e. The quantitative estimate of drug-likeness (QED) is 0.0976. The Morgan fingerprint density at radius 2 is 1.81 bits per heavy atom. The number of nitrogens with one attached hydrogen (secondary N) is 3. The molecule has 0 saturated carbocycles. The monoisotopic (exact) mass is 514 g/mol. The topological polar surface area (TPSA) is 125 Å². The maximum absolute atomic E-state index is 13.2. The predicted octanol–water partition coefficient (Wildman–Crippen LogP) is 4.53. The Hall–Kier alpha value is -4.21. The highest BCUT2D eigenvalue weighted by molar-refractivity contribution is 7.24. The molecule has 190 valence electrons. The molecule has 0 amide bonds. The molecule has 0 unspecified atom stereocenters. The van der Waals surface area contributed by atoms with E-state index in [2.05, 4.69) is 44.1 Å². The lowest BCUT2D eigenvalue weighted by Crippen LogP contribution is -2.36. The molecule has 8 nitrogen and oxygen atoms in total. The number of aliphatic hydroxyl groups is 1. The van der Waals surface area contributed by atoms with E-state index in [1.165, 1.54) is 5.56 Å². The van der Waals surface area contributed by atoms with Gasteiger partial charge in [-0.1, -0.05) is 30.3 Å². The Balaban J connectivity index is 0.00000156. The van der Waals surface area contributed by atoms with Crippen molar-refractivity contribution in [3.8, 4) is 0 Å². The van der Waals surface area contributed by atoms with Crippen molar-refractivity contribution in [3.05, 3.63) is 88.2 Å². The van der Waals surface area contributed by atoms with Crippen molar-refractivity contribution >= 4 is 59.7 Å². The van der Waals surface area contributed by atoms with Gasteiger partial charge in [-0.25, -0.2) is 4.99 Å². The fourth-order valence-electron chi connectivity index (χ4n) is 4.09. The van der Waals surface area contributed by atoms with Gasteiger partial charge < -0.3 is 26.8 Å². The summed E-state index contributed by atoms with van der Waals surface area (Å²) in [6.07, 6.45) is 1.78. The molecule has 0 aliphatic rings. The van der Waals surface area contributed by atoms with Crippen molar-refractivity contribution in [1.82, 2.24) is 10.3 Å². The van der Waals surface area contributed by atoms with E-state index < -0.39 is 0 Å². The molecule has 0 saturated heterocycles. The van der Waals surface area contributed by atoms with Crippen LogP contribution in [0.2, 0.25) is 0 Å². The number of nitrogens with zero attached hydrogens (tertiary/aromatic N) is 2. The zero-order valence-corrected chi connectivity index (χ0v) is 21.8. The molecule has 2 heterocycles. The molecular formula is C28H30N6O2S. The minimum Gasteiger partial charge on any atom is -0.400 e. The van der Waals surface area contributed by atoms with Gasteiger partial charge in [-0.05, 0) is 55.3 Å². The van der Waals surface area contributed by atoms with Crippen molar-refractivity contribution in [3.63, 3.8) is 0 Å². The molecule has 2 aromatic heterocycles. The summed E-state index contributed by atoms with van der Waals surface area (Å²) in [5.74, 6) is 0.297. The zero-order chi connectivity index (χ0) is 26.4. The van der Waals surface area contributed by atoms with Crippen molar-refractivity contribution in [1.29, 1.82) is 0 Å². The minimum atomic E-state index is 0.0335. The second kappa shape index (κ2) is 11.7. The third-order valence-electron chi connectivity index (χ3n) is 5.89. The molecule has 37 heavy (non-hydrogen) atoms. The number of hydrogen-bond donors (Lipinski definition) is 5. The van der Waals surface area contributed by atoms with Gasteiger partial charge in [0.1, 0.15) is 6.67 Å². The predicted molar refractivity (Wildman–Crippen MR) is 157 cm³/mol. The van der Waals surface area contributed by atoms with Gasteiger partial charge in [0.25, 0.3) is 0 Å². The number of benzene rings is 3. The molecule has 0 spiro atoms. The fraction of sp³-hybridized carbons (Fsp3) is 0.179. The molecule has 0 aliphatic heterocycles. The molecule has 0 radical (unpaired) electrons. The van der Waals surface area contributed by atoms with Gasteiger partial charge in [-0.2, -0.15) is 0 Å². The molecule has 0 fully saturated rings. The largest absolute Gasteiger partial charge is 0.400 e. The number of hydrogen-bond acceptors (Lipinski definition) is 7. The summed E-state index contributed by atoms with van der Waals surface area (Å²) >= 11 is 1.63. The van der Waals surface area contributed by atoms with Crippen LogP contribution in [0.25, 0.3) is 31.1 Å². The van der Waals surface area contributed by atoms with Crippen LogP contribution in [0.15, 0.2) is 76.6 Å². The van der Waals surface area contributed by atoms with E-state index in [0.29, 0.717) is 24.7 Å². The molecule has 0 bridgehead atoms. The van der Waals surface area contributed by atoms with Crippen LogP contribution < -0.4 is 27.1 Å². The van der Waals surface area contributed by atoms with Gasteiger partial charge in [0.15, 0.2) is 11.4 Å². The lowest BCUT2D eigenvalue weighted by atomic mass is 10.1. The van der Waals surface area contributed by atoms with E-state index in [9.17, 15) is 4.79 Å². The summed E-state index contributed by atoms with van der Waals surface area (Å²) < 4.78 is 1.98. The first-order valence-electron chi connectivity index (χ1n) is 11.8. The Kier molecular flexibility index (Phi) is 8.17. The highest BCUT2D eigenvalue weighted by atomic mass is 32.1. The summed E-state index contributed by atoms with van der Waals surface area (Å²) in [5, 5.41) is 19.1. The first-order valence-corrected chi connectivity index (χ1v) is 12.6. The van der Waals surface area contributed by atoms with Crippen molar-refractivity contribution in [2.24, 2.45) is 10.7 Å². The SMILES string of the molecule is CO.Cc1ccc2c(NC/N=C(\N)NCNc3ccc(C)c4sc5ccccc5c(=O)c34)ccnc2c1. The standard InChI is InChI=1S/C27H26N6OS.CH4O/c1-16-7-9-18-20(11-12-29-22(18)13-16)30-14-32-27(28)33-15-31-21-10-8-17(2)26-24(21)25(34)19-5-3-4-6-23(19)35-26;1-2/h3-13,31H,14-15H2,1-2H3,(H,29,30)(H3,28,32,33);2H,1H3. The van der Waals surface area contributed by atoms with Gasteiger partial charge in [0.05, 0.1) is 17.6 Å².